The Morgan fingerprint density at radius 2 is 1.30 bits per heavy atom. The fraction of sp³-hybridized carbons (Fsp3) is 0.553. The van der Waals surface area contributed by atoms with Gasteiger partial charge in [0.05, 0.1) is 31.4 Å². The second-order valence-corrected chi connectivity index (χ2v) is 14.7. The Balaban J connectivity index is 2.07. The van der Waals surface area contributed by atoms with E-state index in [1.165, 1.54) is 21.5 Å². The average Bonchev–Trinajstić information content (AvgIpc) is 3.86. The molecule has 28 heteroatoms. The maximum atomic E-state index is 13.0. The zero-order chi connectivity index (χ0) is 49.3. The van der Waals surface area contributed by atoms with Crippen molar-refractivity contribution < 1.29 is 83.4 Å². The van der Waals surface area contributed by atoms with Gasteiger partial charge in [-0.2, -0.15) is 4.98 Å². The predicted molar refractivity (Wildman–Crippen MR) is 218 cm³/mol. The van der Waals surface area contributed by atoms with Crippen LogP contribution in [-0.4, -0.2) is 188 Å². The zero-order valence-electron chi connectivity index (χ0n) is 35.6. The van der Waals surface area contributed by atoms with Gasteiger partial charge in [0.2, 0.25) is 17.7 Å². The number of carbonyl (C=O) groups is 11. The second kappa shape index (κ2) is 28.2. The third kappa shape index (κ3) is 21.1. The lowest BCUT2D eigenvalue weighted by Gasteiger charge is -2.24. The summed E-state index contributed by atoms with van der Waals surface area (Å²) in [5.41, 5.74) is 6.13. The quantitative estimate of drug-likeness (QED) is 0.0242. The van der Waals surface area contributed by atoms with Crippen molar-refractivity contribution in [1.82, 2.24) is 49.8 Å². The first kappa shape index (κ1) is 54.5. The Morgan fingerprint density at radius 1 is 0.727 bits per heavy atom. The van der Waals surface area contributed by atoms with Crippen LogP contribution in [0, 0.1) is 12.4 Å². The Kier molecular flexibility index (Phi) is 23.3. The monoisotopic (exact) mass is 935 g/mol. The number of nitrogens with two attached hydrogens (primary N) is 1. The first-order valence-electron chi connectivity index (χ1n) is 20.2. The summed E-state index contributed by atoms with van der Waals surface area (Å²) >= 11 is 0. The molecule has 0 aliphatic heterocycles. The van der Waals surface area contributed by atoms with E-state index in [1.54, 1.807) is 4.90 Å². The highest BCUT2D eigenvalue weighted by Gasteiger charge is 2.25. The van der Waals surface area contributed by atoms with E-state index < -0.39 is 123 Å². The molecule has 2 aromatic rings. The summed E-state index contributed by atoms with van der Waals surface area (Å²) in [7, 11) is 0. The van der Waals surface area contributed by atoms with E-state index in [4.69, 9.17) is 10.8 Å². The molecular weight excluding hydrogens is 882 g/mol. The number of nitrogens with one attached hydrogen (secondary N) is 3. The highest BCUT2D eigenvalue weighted by atomic mass is 16.4. The first-order valence-corrected chi connectivity index (χ1v) is 20.2. The number of carbonyl (C=O) groups excluding carboxylic acids is 5. The number of hydrogen-bond acceptors (Lipinski definition) is 15. The molecule has 5 amide bonds. The lowest BCUT2D eigenvalue weighted by atomic mass is 10.1. The summed E-state index contributed by atoms with van der Waals surface area (Å²) in [4.78, 5) is 141. The summed E-state index contributed by atoms with van der Waals surface area (Å²) in [5, 5.41) is 62.1. The molecule has 2 rings (SSSR count). The molecular formula is C38H53N11O17. The van der Waals surface area contributed by atoms with E-state index in [9.17, 15) is 78.3 Å². The van der Waals surface area contributed by atoms with Crippen LogP contribution in [-0.2, 0) is 74.1 Å². The average molecular weight is 936 g/mol. The van der Waals surface area contributed by atoms with E-state index in [-0.39, 0.29) is 63.5 Å². The maximum Gasteiger partial charge on any atom is 0.326 e. The Labute approximate surface area is 375 Å². The molecule has 0 saturated heterocycles. The first-order chi connectivity index (χ1) is 31.2. The number of urea groups is 1. The minimum Gasteiger partial charge on any atom is -0.481 e. The van der Waals surface area contributed by atoms with Crippen LogP contribution >= 0.6 is 0 Å². The smallest absolute Gasteiger partial charge is 0.326 e. The Morgan fingerprint density at radius 3 is 1.86 bits per heavy atom. The van der Waals surface area contributed by atoms with Crippen molar-refractivity contribution in [1.29, 1.82) is 0 Å². The zero-order valence-corrected chi connectivity index (χ0v) is 35.6. The minimum absolute atomic E-state index is 0.00930. The predicted octanol–water partition coefficient (Wildman–Crippen LogP) is -3.35. The van der Waals surface area contributed by atoms with Gasteiger partial charge in [0.15, 0.2) is 0 Å². The number of imidazole rings is 1. The molecule has 2 heterocycles. The Hall–Kier alpha value is -7.67. The number of unbranched alkanes of at least 4 members (excludes halogenated alkanes) is 2. The van der Waals surface area contributed by atoms with Crippen molar-refractivity contribution in [3.05, 3.63) is 36.4 Å². The highest BCUT2D eigenvalue weighted by Crippen LogP contribution is 2.12. The number of nitrogens with zero attached hydrogens (tertiary/aromatic N) is 7. The standard InChI is InChI=1S/C38H53N11O17/c39-25(36(63)42-9-3-1-6-26(37(64)65)44-38(66)43-24(23-50)7-8-31(53)54)5-2-4-12-45(15-27-40-10-13-46(27)17-29(51)48(19-32(55)56)20-33(57)58)16-28-41-11-14-47(28)18-30(52)49(21-34(59)60)22-35(61)62/h10,13,23-26H,1-9,12,15-22,39H2,(H,42,63)(H,53,54)(H,55,56)(H,57,58)(H,59,60)(H,61,62)(H,64,65)(H2,43,44,66)/t24-,25-,26-/m0/s1. The van der Waals surface area contributed by atoms with Crippen LogP contribution in [0.5, 0.6) is 0 Å². The molecule has 0 fully saturated rings. The number of hydrogen-bond donors (Lipinski definition) is 10. The summed E-state index contributed by atoms with van der Waals surface area (Å²) in [6.45, 7) is -4.23. The fourth-order valence-corrected chi connectivity index (χ4v) is 6.10. The topological polar surface area (TPSA) is 417 Å². The highest BCUT2D eigenvalue weighted by molar-refractivity contribution is 5.86. The maximum absolute atomic E-state index is 13.0. The van der Waals surface area contributed by atoms with E-state index in [0.717, 1.165) is 0 Å². The lowest BCUT2D eigenvalue weighted by molar-refractivity contribution is -0.150. The molecule has 3 atom stereocenters. The molecule has 2 aromatic heterocycles. The molecule has 0 aliphatic carbocycles. The molecule has 0 unspecified atom stereocenters. The van der Waals surface area contributed by atoms with E-state index in [2.05, 4.69) is 38.3 Å². The number of aromatic nitrogens is 4. The SMILES string of the molecule is N[C@@H](CCCCN(Cc1nc#cn1CC(=O)N(CC(=O)O)CC(=O)O)Cc1nccn1CC(=O)N(CC(=O)O)CC(=O)O)C(=O)NCCCC[C@H](NC(=O)N[C@H](C=O)CCC(=O)O)C(=O)O. The van der Waals surface area contributed by atoms with Gasteiger partial charge in [-0.15, -0.1) is 0 Å². The van der Waals surface area contributed by atoms with Crippen molar-refractivity contribution in [3.8, 4) is 0 Å². The molecule has 0 aliphatic rings. The van der Waals surface area contributed by atoms with Crippen molar-refractivity contribution in [2.75, 3.05) is 39.3 Å². The third-order valence-corrected chi connectivity index (χ3v) is 9.37. The van der Waals surface area contributed by atoms with Gasteiger partial charge < -0.3 is 71.5 Å². The fourth-order valence-electron chi connectivity index (χ4n) is 6.10. The van der Waals surface area contributed by atoms with Gasteiger partial charge in [0, 0.05) is 31.6 Å². The number of aldehydes is 1. The second-order valence-electron chi connectivity index (χ2n) is 14.7. The Bertz CT molecular complexity index is 1900. The molecule has 362 valence electrons. The van der Waals surface area contributed by atoms with Crippen LogP contribution in [0.3, 0.4) is 0 Å². The van der Waals surface area contributed by atoms with Crippen molar-refractivity contribution in [2.24, 2.45) is 5.73 Å². The van der Waals surface area contributed by atoms with Crippen LogP contribution in [0.1, 0.15) is 63.0 Å². The van der Waals surface area contributed by atoms with Crippen molar-refractivity contribution in [2.45, 2.75) is 95.7 Å². The van der Waals surface area contributed by atoms with Gasteiger partial charge in [-0.3, -0.25) is 47.8 Å². The molecule has 0 radical (unpaired) electrons. The normalized spacial score (nSPS) is 12.2. The summed E-state index contributed by atoms with van der Waals surface area (Å²) in [5.74, 6) is -10.0. The molecule has 0 saturated carbocycles. The molecule has 11 N–H and O–H groups in total. The molecule has 0 aromatic carbocycles. The summed E-state index contributed by atoms with van der Waals surface area (Å²) in [6, 6.07) is -4.40. The van der Waals surface area contributed by atoms with E-state index in [1.807, 2.05) is 0 Å². The van der Waals surface area contributed by atoms with Gasteiger partial charge >= 0.3 is 41.8 Å². The van der Waals surface area contributed by atoms with Crippen molar-refractivity contribution in [3.63, 3.8) is 0 Å². The van der Waals surface area contributed by atoms with Gasteiger partial charge in [0.25, 0.3) is 0 Å². The van der Waals surface area contributed by atoms with Crippen LogP contribution in [0.25, 0.3) is 0 Å². The lowest BCUT2D eigenvalue weighted by Crippen LogP contribution is -2.49. The van der Waals surface area contributed by atoms with Gasteiger partial charge in [-0.05, 0) is 45.1 Å². The molecule has 66 heavy (non-hydrogen) atoms. The van der Waals surface area contributed by atoms with Gasteiger partial charge in [-0.25, -0.2) is 14.6 Å². The minimum atomic E-state index is -1.44. The molecule has 28 nitrogen and oxygen atoms in total. The number of rotatable bonds is 34. The number of carboxylic acid groups (broad SMARTS) is 6. The van der Waals surface area contributed by atoms with Crippen LogP contribution < -0.4 is 21.7 Å². The van der Waals surface area contributed by atoms with E-state index >= 15 is 0 Å². The third-order valence-electron chi connectivity index (χ3n) is 9.37. The van der Waals surface area contributed by atoms with Gasteiger partial charge in [0.1, 0.15) is 63.2 Å². The number of carboxylic acids is 6. The number of amides is 5. The molecule has 0 spiro atoms. The summed E-state index contributed by atoms with van der Waals surface area (Å²) in [6.07, 6.45) is 9.13. The van der Waals surface area contributed by atoms with E-state index in [0.29, 0.717) is 35.3 Å². The van der Waals surface area contributed by atoms with Crippen molar-refractivity contribution >= 4 is 65.9 Å². The van der Waals surface area contributed by atoms with Crippen LogP contribution in [0.2, 0.25) is 0 Å². The molecule has 0 bridgehead atoms. The summed E-state index contributed by atoms with van der Waals surface area (Å²) < 4.78 is 2.59. The number of aliphatic carboxylic acids is 6. The van der Waals surface area contributed by atoms with Crippen LogP contribution in [0.4, 0.5) is 4.79 Å². The van der Waals surface area contributed by atoms with Crippen LogP contribution in [0.15, 0.2) is 12.4 Å². The van der Waals surface area contributed by atoms with Gasteiger partial charge in [-0.1, -0.05) is 6.42 Å². The largest absolute Gasteiger partial charge is 0.481 e.